The molecule has 1 amide bonds. The second kappa shape index (κ2) is 11.4. The fourth-order valence-corrected chi connectivity index (χ4v) is 4.37. The van der Waals surface area contributed by atoms with Gasteiger partial charge in [-0.05, 0) is 31.5 Å². The van der Waals surface area contributed by atoms with E-state index in [0.717, 1.165) is 55.3 Å². The molecular weight excluding hydrogens is 440 g/mol. The van der Waals surface area contributed by atoms with Gasteiger partial charge in [-0.25, -0.2) is 0 Å². The molecule has 7 nitrogen and oxygen atoms in total. The summed E-state index contributed by atoms with van der Waals surface area (Å²) in [7, 11) is 3.73. The van der Waals surface area contributed by atoms with Crippen LogP contribution in [0.4, 0.5) is 5.88 Å². The summed E-state index contributed by atoms with van der Waals surface area (Å²) in [4.78, 5) is 20.3. The number of ether oxygens (including phenoxy) is 1. The van der Waals surface area contributed by atoms with Gasteiger partial charge in [0.1, 0.15) is 11.4 Å². The van der Waals surface area contributed by atoms with Crippen molar-refractivity contribution in [1.29, 1.82) is 0 Å². The Hall–Kier alpha value is -3.32. The molecule has 0 aliphatic carbocycles. The zero-order valence-corrected chi connectivity index (χ0v) is 21.2. The lowest BCUT2D eigenvalue weighted by atomic mass is 10.0. The van der Waals surface area contributed by atoms with Crippen molar-refractivity contribution in [1.82, 2.24) is 15.0 Å². The van der Waals surface area contributed by atoms with Gasteiger partial charge in [-0.3, -0.25) is 4.79 Å². The molecule has 0 unspecified atom stereocenters. The molecule has 3 aromatic rings. The first-order valence-electron chi connectivity index (χ1n) is 12.4. The predicted octanol–water partition coefficient (Wildman–Crippen LogP) is 4.79. The van der Waals surface area contributed by atoms with Crippen molar-refractivity contribution in [2.75, 3.05) is 51.8 Å². The first kappa shape index (κ1) is 24.8. The molecule has 0 bridgehead atoms. The maximum absolute atomic E-state index is 13.8. The van der Waals surface area contributed by atoms with E-state index >= 15 is 0 Å². The number of piperazine rings is 1. The highest BCUT2D eigenvalue weighted by Crippen LogP contribution is 2.34. The number of anilines is 1. The maximum Gasteiger partial charge on any atom is 0.257 e. The molecule has 4 rings (SSSR count). The zero-order chi connectivity index (χ0) is 24.8. The number of carbonyl (C=O) groups is 1. The van der Waals surface area contributed by atoms with E-state index in [2.05, 4.69) is 35.9 Å². The number of hydrogen-bond donors (Lipinski definition) is 0. The Morgan fingerprint density at radius 2 is 1.74 bits per heavy atom. The van der Waals surface area contributed by atoms with Crippen LogP contribution >= 0.6 is 0 Å². The number of aromatic nitrogens is 1. The van der Waals surface area contributed by atoms with Gasteiger partial charge in [0.25, 0.3) is 5.91 Å². The molecular formula is C28H36N4O3. The molecule has 1 aliphatic rings. The molecule has 1 saturated heterocycles. The highest BCUT2D eigenvalue weighted by atomic mass is 16.5. The van der Waals surface area contributed by atoms with E-state index in [1.54, 1.807) is 7.11 Å². The van der Waals surface area contributed by atoms with Crippen LogP contribution < -0.4 is 9.64 Å². The lowest BCUT2D eigenvalue weighted by molar-refractivity contribution is 0.0732. The molecule has 0 spiro atoms. The molecule has 0 N–H and O–H groups in total. The van der Waals surface area contributed by atoms with Crippen molar-refractivity contribution in [3.05, 3.63) is 65.7 Å². The minimum Gasteiger partial charge on any atom is -0.496 e. The fourth-order valence-electron chi connectivity index (χ4n) is 4.37. The van der Waals surface area contributed by atoms with E-state index in [-0.39, 0.29) is 5.91 Å². The van der Waals surface area contributed by atoms with E-state index in [0.29, 0.717) is 30.3 Å². The second-order valence-corrected chi connectivity index (χ2v) is 9.58. The van der Waals surface area contributed by atoms with Gasteiger partial charge in [-0.15, -0.1) is 0 Å². The van der Waals surface area contributed by atoms with Crippen LogP contribution in [0.15, 0.2) is 59.1 Å². The average Bonchev–Trinajstić information content (AvgIpc) is 3.30. The Kier molecular flexibility index (Phi) is 8.08. The maximum atomic E-state index is 13.8. The van der Waals surface area contributed by atoms with Gasteiger partial charge < -0.3 is 24.0 Å². The monoisotopic (exact) mass is 476 g/mol. The van der Waals surface area contributed by atoms with Gasteiger partial charge in [0.2, 0.25) is 5.88 Å². The summed E-state index contributed by atoms with van der Waals surface area (Å²) in [5, 5.41) is 4.50. The van der Waals surface area contributed by atoms with Crippen LogP contribution in [0.3, 0.4) is 0 Å². The Morgan fingerprint density at radius 1 is 1.06 bits per heavy atom. The van der Waals surface area contributed by atoms with Crippen LogP contribution in [0.25, 0.3) is 11.3 Å². The van der Waals surface area contributed by atoms with Crippen molar-refractivity contribution in [2.45, 2.75) is 26.8 Å². The number of methoxy groups -OCH3 is 1. The first-order chi connectivity index (χ1) is 17.0. The number of hydrogen-bond acceptors (Lipinski definition) is 6. The van der Waals surface area contributed by atoms with E-state index in [1.807, 2.05) is 59.5 Å². The number of amides is 1. The Morgan fingerprint density at radius 3 is 2.43 bits per heavy atom. The number of carbonyl (C=O) groups excluding carboxylic acids is 1. The summed E-state index contributed by atoms with van der Waals surface area (Å²) >= 11 is 0. The fraction of sp³-hybridized carbons (Fsp3) is 0.429. The minimum absolute atomic E-state index is 0.0485. The average molecular weight is 477 g/mol. The predicted molar refractivity (Wildman–Crippen MR) is 139 cm³/mol. The molecule has 0 radical (unpaired) electrons. The lowest BCUT2D eigenvalue weighted by Gasteiger charge is -2.33. The Balaban J connectivity index is 1.73. The van der Waals surface area contributed by atoms with Crippen molar-refractivity contribution in [3.8, 4) is 17.0 Å². The third-order valence-electron chi connectivity index (χ3n) is 6.56. The van der Waals surface area contributed by atoms with E-state index in [9.17, 15) is 4.79 Å². The van der Waals surface area contributed by atoms with Crippen LogP contribution in [-0.2, 0) is 6.54 Å². The molecule has 2 heterocycles. The third kappa shape index (κ3) is 5.85. The summed E-state index contributed by atoms with van der Waals surface area (Å²) in [6, 6.07) is 17.5. The molecule has 1 fully saturated rings. The van der Waals surface area contributed by atoms with Crippen molar-refractivity contribution < 1.29 is 14.1 Å². The minimum atomic E-state index is -0.0485. The van der Waals surface area contributed by atoms with Crippen LogP contribution in [0.1, 0.15) is 36.2 Å². The van der Waals surface area contributed by atoms with Crippen LogP contribution in [0, 0.1) is 5.92 Å². The van der Waals surface area contributed by atoms with E-state index < -0.39 is 0 Å². The number of rotatable bonds is 9. The zero-order valence-electron chi connectivity index (χ0n) is 21.2. The van der Waals surface area contributed by atoms with Gasteiger partial charge in [0, 0.05) is 38.3 Å². The number of benzene rings is 2. The summed E-state index contributed by atoms with van der Waals surface area (Å²) < 4.78 is 11.5. The van der Waals surface area contributed by atoms with E-state index in [4.69, 9.17) is 9.26 Å². The smallest absolute Gasteiger partial charge is 0.257 e. The highest BCUT2D eigenvalue weighted by molar-refractivity contribution is 5.97. The highest BCUT2D eigenvalue weighted by Gasteiger charge is 2.29. The number of likely N-dealkylation sites (N-methyl/N-ethyl adjacent to an activating group) is 1. The van der Waals surface area contributed by atoms with Crippen LogP contribution in [0.2, 0.25) is 0 Å². The topological polar surface area (TPSA) is 62.1 Å². The van der Waals surface area contributed by atoms with Crippen molar-refractivity contribution >= 4 is 11.8 Å². The van der Waals surface area contributed by atoms with Crippen LogP contribution in [-0.4, -0.2) is 67.7 Å². The SMILES string of the molecule is COc1ccccc1C(=O)N(CCC(C)C)Cc1c(-c2ccccc2)noc1N1CCN(C)CC1. The summed E-state index contributed by atoms with van der Waals surface area (Å²) in [5.41, 5.74) is 3.30. The summed E-state index contributed by atoms with van der Waals surface area (Å²) in [6.45, 7) is 9.04. The standard InChI is InChI=1S/C28H36N4O3/c1-21(2)14-15-32(27(33)23-12-8-9-13-25(23)34-4)20-24-26(22-10-6-5-7-11-22)29-35-28(24)31-18-16-30(3)17-19-31/h5-13,21H,14-20H2,1-4H3. The normalized spacial score (nSPS) is 14.4. The van der Waals surface area contributed by atoms with Gasteiger partial charge in [0.05, 0.1) is 24.8 Å². The molecule has 0 saturated carbocycles. The lowest BCUT2D eigenvalue weighted by Crippen LogP contribution is -2.45. The summed E-state index contributed by atoms with van der Waals surface area (Å²) in [5.74, 6) is 1.77. The first-order valence-corrected chi connectivity index (χ1v) is 12.4. The van der Waals surface area contributed by atoms with Gasteiger partial charge >= 0.3 is 0 Å². The molecule has 35 heavy (non-hydrogen) atoms. The molecule has 1 aromatic heterocycles. The summed E-state index contributed by atoms with van der Waals surface area (Å²) in [6.07, 6.45) is 0.899. The quantitative estimate of drug-likeness (QED) is 0.443. The van der Waals surface area contributed by atoms with Crippen LogP contribution in [0.5, 0.6) is 5.75 Å². The van der Waals surface area contributed by atoms with Crippen molar-refractivity contribution in [2.24, 2.45) is 5.92 Å². The van der Waals surface area contributed by atoms with Crippen molar-refractivity contribution in [3.63, 3.8) is 0 Å². The third-order valence-corrected chi connectivity index (χ3v) is 6.56. The van der Waals surface area contributed by atoms with Gasteiger partial charge in [-0.1, -0.05) is 61.5 Å². The number of para-hydroxylation sites is 1. The van der Waals surface area contributed by atoms with Gasteiger partial charge in [0.15, 0.2) is 0 Å². The number of nitrogens with zero attached hydrogens (tertiary/aromatic N) is 4. The molecule has 2 aromatic carbocycles. The Labute approximate surface area is 208 Å². The van der Waals surface area contributed by atoms with Gasteiger partial charge in [-0.2, -0.15) is 0 Å². The second-order valence-electron chi connectivity index (χ2n) is 9.58. The molecule has 7 heteroatoms. The van der Waals surface area contributed by atoms with E-state index in [1.165, 1.54) is 0 Å². The molecule has 0 atom stereocenters. The molecule has 1 aliphatic heterocycles. The Bertz CT molecular complexity index is 1100. The largest absolute Gasteiger partial charge is 0.496 e. The molecule has 186 valence electrons.